The van der Waals surface area contributed by atoms with Gasteiger partial charge in [-0.15, -0.1) is 0 Å². The third-order valence-electron chi connectivity index (χ3n) is 3.22. The lowest BCUT2D eigenvalue weighted by atomic mass is 10.3. The van der Waals surface area contributed by atoms with Crippen LogP contribution in [-0.2, 0) is 17.9 Å². The van der Waals surface area contributed by atoms with Gasteiger partial charge in [0.05, 0.1) is 30.3 Å². The molecule has 0 fully saturated rings. The van der Waals surface area contributed by atoms with Gasteiger partial charge in [0.25, 0.3) is 0 Å². The third-order valence-corrected chi connectivity index (χ3v) is 3.22. The Morgan fingerprint density at radius 2 is 2.15 bits per heavy atom. The molecular formula is C15H22N2O3. The number of aliphatic hydroxyl groups excluding tert-OH is 2. The summed E-state index contributed by atoms with van der Waals surface area (Å²) in [6.07, 6.45) is 1.48. The van der Waals surface area contributed by atoms with Crippen molar-refractivity contribution in [2.24, 2.45) is 0 Å². The van der Waals surface area contributed by atoms with Gasteiger partial charge in [0, 0.05) is 6.61 Å². The number of imidazole rings is 1. The lowest BCUT2D eigenvalue weighted by Crippen LogP contribution is -2.23. The van der Waals surface area contributed by atoms with Crippen molar-refractivity contribution < 1.29 is 14.9 Å². The van der Waals surface area contributed by atoms with E-state index >= 15 is 0 Å². The zero-order valence-corrected chi connectivity index (χ0v) is 11.8. The van der Waals surface area contributed by atoms with E-state index in [2.05, 4.69) is 11.9 Å². The van der Waals surface area contributed by atoms with Gasteiger partial charge in [-0.25, -0.2) is 4.98 Å². The minimum atomic E-state index is -0.602. The maximum atomic E-state index is 10.0. The number of hydrogen-bond donors (Lipinski definition) is 2. The molecule has 0 aliphatic carbocycles. The molecule has 0 radical (unpaired) electrons. The first-order chi connectivity index (χ1) is 9.76. The molecule has 5 heteroatoms. The highest BCUT2D eigenvalue weighted by molar-refractivity contribution is 5.75. The van der Waals surface area contributed by atoms with E-state index < -0.39 is 6.10 Å². The fourth-order valence-corrected chi connectivity index (χ4v) is 2.18. The molecule has 1 aromatic carbocycles. The Morgan fingerprint density at radius 1 is 1.35 bits per heavy atom. The Labute approximate surface area is 118 Å². The van der Waals surface area contributed by atoms with E-state index in [-0.39, 0.29) is 6.61 Å². The molecule has 0 saturated heterocycles. The van der Waals surface area contributed by atoms with Crippen LogP contribution >= 0.6 is 0 Å². The first kappa shape index (κ1) is 15.0. The highest BCUT2D eigenvalue weighted by Gasteiger charge is 2.13. The number of benzene rings is 1. The number of unbranched alkanes of at least 4 members (excludes halogenated alkanes) is 1. The van der Waals surface area contributed by atoms with Gasteiger partial charge in [-0.2, -0.15) is 0 Å². The van der Waals surface area contributed by atoms with Gasteiger partial charge in [0.2, 0.25) is 0 Å². The molecule has 1 atom stereocenters. The van der Waals surface area contributed by atoms with Gasteiger partial charge in [-0.1, -0.05) is 25.5 Å². The smallest absolute Gasteiger partial charge is 0.135 e. The quantitative estimate of drug-likeness (QED) is 0.721. The van der Waals surface area contributed by atoms with Crippen LogP contribution in [0.2, 0.25) is 0 Å². The maximum Gasteiger partial charge on any atom is 0.135 e. The number of aliphatic hydroxyl groups is 2. The number of rotatable bonds is 8. The van der Waals surface area contributed by atoms with Crippen LogP contribution in [0.5, 0.6) is 0 Å². The van der Waals surface area contributed by atoms with Gasteiger partial charge in [-0.05, 0) is 18.6 Å². The molecule has 2 aromatic rings. The van der Waals surface area contributed by atoms with Crippen molar-refractivity contribution in [3.8, 4) is 0 Å². The summed E-state index contributed by atoms with van der Waals surface area (Å²) in [5.41, 5.74) is 1.75. The molecule has 0 spiro atoms. The molecule has 2 N–H and O–H groups in total. The Morgan fingerprint density at radius 3 is 2.90 bits per heavy atom. The monoisotopic (exact) mass is 278 g/mol. The number of nitrogens with zero attached hydrogens (tertiary/aromatic N) is 2. The van der Waals surface area contributed by atoms with Crippen LogP contribution in [0.25, 0.3) is 11.0 Å². The molecule has 0 aliphatic rings. The summed E-state index contributed by atoms with van der Waals surface area (Å²) >= 11 is 0. The van der Waals surface area contributed by atoms with E-state index in [4.69, 9.17) is 4.74 Å². The van der Waals surface area contributed by atoms with E-state index in [0.717, 1.165) is 23.9 Å². The number of para-hydroxylation sites is 2. The number of hydrogen-bond acceptors (Lipinski definition) is 4. The first-order valence-electron chi connectivity index (χ1n) is 7.07. The van der Waals surface area contributed by atoms with Crippen LogP contribution in [0, 0.1) is 0 Å². The molecule has 20 heavy (non-hydrogen) atoms. The average molecular weight is 278 g/mol. The molecule has 5 nitrogen and oxygen atoms in total. The van der Waals surface area contributed by atoms with Crippen molar-refractivity contribution >= 4 is 11.0 Å². The fraction of sp³-hybridized carbons (Fsp3) is 0.533. The molecular weight excluding hydrogens is 256 g/mol. The largest absolute Gasteiger partial charge is 0.389 e. The van der Waals surface area contributed by atoms with Gasteiger partial charge in [0.1, 0.15) is 12.4 Å². The van der Waals surface area contributed by atoms with Crippen LogP contribution in [0.15, 0.2) is 24.3 Å². The van der Waals surface area contributed by atoms with Gasteiger partial charge in [-0.3, -0.25) is 0 Å². The van der Waals surface area contributed by atoms with Crippen LogP contribution in [-0.4, -0.2) is 39.1 Å². The summed E-state index contributed by atoms with van der Waals surface area (Å²) in [7, 11) is 0. The maximum absolute atomic E-state index is 10.0. The molecule has 2 rings (SSSR count). The van der Waals surface area contributed by atoms with Crippen LogP contribution in [0.3, 0.4) is 0 Å². The molecule has 1 heterocycles. The second kappa shape index (κ2) is 7.38. The van der Waals surface area contributed by atoms with Gasteiger partial charge in [0.15, 0.2) is 0 Å². The zero-order chi connectivity index (χ0) is 14.4. The van der Waals surface area contributed by atoms with Crippen molar-refractivity contribution in [1.82, 2.24) is 9.55 Å². The standard InChI is InChI=1S/C15H22N2O3/c1-2-3-8-20-11-12(19)9-17-14-7-5-4-6-13(14)16-15(17)10-18/h4-7,12,18-19H,2-3,8-11H2,1H3. The van der Waals surface area contributed by atoms with Crippen molar-refractivity contribution in [3.63, 3.8) is 0 Å². The van der Waals surface area contributed by atoms with Crippen molar-refractivity contribution in [3.05, 3.63) is 30.1 Å². The molecule has 0 saturated carbocycles. The Balaban J connectivity index is 2.04. The second-order valence-corrected chi connectivity index (χ2v) is 4.87. The lowest BCUT2D eigenvalue weighted by molar-refractivity contribution is 0.0268. The minimum absolute atomic E-state index is 0.141. The summed E-state index contributed by atoms with van der Waals surface area (Å²) in [6, 6.07) is 7.66. The SMILES string of the molecule is CCCCOCC(O)Cn1c(CO)nc2ccccc21. The van der Waals surface area contributed by atoms with Gasteiger partial charge >= 0.3 is 0 Å². The lowest BCUT2D eigenvalue weighted by Gasteiger charge is -2.14. The topological polar surface area (TPSA) is 67.5 Å². The fourth-order valence-electron chi connectivity index (χ4n) is 2.18. The van der Waals surface area contributed by atoms with Crippen LogP contribution in [0.1, 0.15) is 25.6 Å². The second-order valence-electron chi connectivity index (χ2n) is 4.87. The predicted octanol–water partition coefficient (Wildman–Crippen LogP) is 1.71. The van der Waals surface area contributed by atoms with Crippen molar-refractivity contribution in [2.75, 3.05) is 13.2 Å². The van der Waals surface area contributed by atoms with Gasteiger partial charge < -0.3 is 19.5 Å². The van der Waals surface area contributed by atoms with Crippen molar-refractivity contribution in [2.45, 2.75) is 39.0 Å². The molecule has 0 amide bonds. The number of aromatic nitrogens is 2. The predicted molar refractivity (Wildman–Crippen MR) is 77.4 cm³/mol. The highest BCUT2D eigenvalue weighted by Crippen LogP contribution is 2.16. The Bertz CT molecular complexity index is 539. The number of fused-ring (bicyclic) bond motifs is 1. The molecule has 1 unspecified atom stereocenters. The summed E-state index contributed by atoms with van der Waals surface area (Å²) in [5.74, 6) is 0.568. The van der Waals surface area contributed by atoms with E-state index in [1.165, 1.54) is 0 Å². The highest BCUT2D eigenvalue weighted by atomic mass is 16.5. The normalized spacial score (nSPS) is 12.9. The molecule has 1 aromatic heterocycles. The van der Waals surface area contributed by atoms with E-state index in [1.54, 1.807) is 0 Å². The van der Waals surface area contributed by atoms with E-state index in [0.29, 0.717) is 25.6 Å². The van der Waals surface area contributed by atoms with Crippen LogP contribution in [0.4, 0.5) is 0 Å². The summed E-state index contributed by atoms with van der Waals surface area (Å²) in [6.45, 7) is 3.31. The van der Waals surface area contributed by atoms with Crippen LogP contribution < -0.4 is 0 Å². The Kier molecular flexibility index (Phi) is 5.52. The summed E-state index contributed by atoms with van der Waals surface area (Å²) in [4.78, 5) is 4.35. The van der Waals surface area contributed by atoms with Crippen molar-refractivity contribution in [1.29, 1.82) is 0 Å². The molecule has 110 valence electrons. The average Bonchev–Trinajstić information content (AvgIpc) is 2.82. The third kappa shape index (κ3) is 3.56. The first-order valence-corrected chi connectivity index (χ1v) is 7.07. The minimum Gasteiger partial charge on any atom is -0.389 e. The zero-order valence-electron chi connectivity index (χ0n) is 11.8. The van der Waals surface area contributed by atoms with E-state index in [9.17, 15) is 10.2 Å². The summed E-state index contributed by atoms with van der Waals surface area (Å²) < 4.78 is 7.27. The summed E-state index contributed by atoms with van der Waals surface area (Å²) in [5, 5.41) is 19.4. The molecule has 0 aliphatic heterocycles. The Hall–Kier alpha value is -1.43. The number of ether oxygens (including phenoxy) is 1. The molecule has 0 bridgehead atoms. The van der Waals surface area contributed by atoms with E-state index in [1.807, 2.05) is 28.8 Å².